The molecule has 0 bridgehead atoms. The van der Waals surface area contributed by atoms with Gasteiger partial charge in [-0.05, 0) is 26.7 Å². The van der Waals surface area contributed by atoms with E-state index in [0.29, 0.717) is 0 Å². The highest BCUT2D eigenvalue weighted by Gasteiger charge is 2.53. The standard InChI is InChI=1S/C10H21O5P/c1-5-10(6-2,9(11)14-7-3)16(12,13)15-8-4/h5-8H2,1-4H3,(H,12,13). The van der Waals surface area contributed by atoms with Gasteiger partial charge in [0.2, 0.25) is 0 Å². The molecule has 5 nitrogen and oxygen atoms in total. The quantitative estimate of drug-likeness (QED) is 0.556. The van der Waals surface area contributed by atoms with Crippen LogP contribution in [0.1, 0.15) is 40.5 Å². The fourth-order valence-corrected chi connectivity index (χ4v) is 3.31. The summed E-state index contributed by atoms with van der Waals surface area (Å²) >= 11 is 0. The Morgan fingerprint density at radius 3 is 2.00 bits per heavy atom. The van der Waals surface area contributed by atoms with E-state index in [9.17, 15) is 14.3 Å². The summed E-state index contributed by atoms with van der Waals surface area (Å²) in [7, 11) is -3.99. The molecular formula is C10H21O5P. The van der Waals surface area contributed by atoms with Crippen molar-refractivity contribution < 1.29 is 23.5 Å². The first-order valence-electron chi connectivity index (χ1n) is 5.56. The third-order valence-electron chi connectivity index (χ3n) is 2.67. The SMILES string of the molecule is CCOC(=O)C(CC)(CC)P(=O)(O)OCC. The van der Waals surface area contributed by atoms with Crippen LogP contribution >= 0.6 is 7.60 Å². The molecule has 0 aliphatic rings. The summed E-state index contributed by atoms with van der Waals surface area (Å²) in [6.07, 6.45) is 0.437. The van der Waals surface area contributed by atoms with Crippen molar-refractivity contribution >= 4 is 13.6 Å². The minimum absolute atomic E-state index is 0.0922. The molecule has 0 aliphatic carbocycles. The summed E-state index contributed by atoms with van der Waals surface area (Å²) in [6, 6.07) is 0. The van der Waals surface area contributed by atoms with Crippen molar-refractivity contribution in [2.45, 2.75) is 45.7 Å². The van der Waals surface area contributed by atoms with Crippen molar-refractivity contribution in [1.82, 2.24) is 0 Å². The molecule has 0 aromatic heterocycles. The zero-order valence-corrected chi connectivity index (χ0v) is 11.3. The number of rotatable bonds is 7. The molecule has 96 valence electrons. The Bertz CT molecular complexity index is 272. The van der Waals surface area contributed by atoms with Gasteiger partial charge in [0, 0.05) is 0 Å². The van der Waals surface area contributed by atoms with Crippen LogP contribution in [0.2, 0.25) is 0 Å². The Kier molecular flexibility index (Phi) is 6.23. The zero-order chi connectivity index (χ0) is 12.8. The first kappa shape index (κ1) is 15.6. The number of esters is 1. The molecule has 0 aromatic carbocycles. The van der Waals surface area contributed by atoms with E-state index < -0.39 is 18.7 Å². The monoisotopic (exact) mass is 252 g/mol. The van der Waals surface area contributed by atoms with Gasteiger partial charge in [0.25, 0.3) is 0 Å². The van der Waals surface area contributed by atoms with Crippen molar-refractivity contribution in [1.29, 1.82) is 0 Å². The normalized spacial score (nSPS) is 15.6. The Morgan fingerprint density at radius 2 is 1.69 bits per heavy atom. The van der Waals surface area contributed by atoms with Crippen LogP contribution in [0.3, 0.4) is 0 Å². The highest BCUT2D eigenvalue weighted by molar-refractivity contribution is 7.55. The summed E-state index contributed by atoms with van der Waals surface area (Å²) in [6.45, 7) is 6.92. The van der Waals surface area contributed by atoms with Crippen molar-refractivity contribution in [3.63, 3.8) is 0 Å². The van der Waals surface area contributed by atoms with Crippen molar-refractivity contribution in [2.75, 3.05) is 13.2 Å². The predicted molar refractivity (Wildman–Crippen MR) is 61.4 cm³/mol. The predicted octanol–water partition coefficient (Wildman–Crippen LogP) is 2.33. The summed E-state index contributed by atoms with van der Waals surface area (Å²) in [5.74, 6) is -0.653. The Labute approximate surface area is 96.7 Å². The number of ether oxygens (including phenoxy) is 1. The Hall–Kier alpha value is -0.380. The van der Waals surface area contributed by atoms with Crippen LogP contribution in [0, 0.1) is 0 Å². The molecule has 0 saturated heterocycles. The maximum Gasteiger partial charge on any atom is 0.345 e. The van der Waals surface area contributed by atoms with Crippen molar-refractivity contribution in [2.24, 2.45) is 0 Å². The molecule has 0 rings (SSSR count). The zero-order valence-electron chi connectivity index (χ0n) is 10.4. The maximum atomic E-state index is 12.0. The molecule has 0 spiro atoms. The van der Waals surface area contributed by atoms with Crippen LogP contribution in [0.4, 0.5) is 0 Å². The highest BCUT2D eigenvalue weighted by Crippen LogP contribution is 2.59. The van der Waals surface area contributed by atoms with E-state index in [1.807, 2.05) is 0 Å². The van der Waals surface area contributed by atoms with Gasteiger partial charge in [-0.15, -0.1) is 0 Å². The Balaban J connectivity index is 5.23. The molecule has 16 heavy (non-hydrogen) atoms. The first-order valence-corrected chi connectivity index (χ1v) is 7.14. The van der Waals surface area contributed by atoms with Gasteiger partial charge in [0.05, 0.1) is 13.2 Å². The third-order valence-corrected chi connectivity index (χ3v) is 5.18. The molecule has 0 saturated carbocycles. The van der Waals surface area contributed by atoms with E-state index in [1.165, 1.54) is 0 Å². The molecule has 1 N–H and O–H groups in total. The summed E-state index contributed by atoms with van der Waals surface area (Å²) in [5.41, 5.74) is 0. The second-order valence-corrected chi connectivity index (χ2v) is 5.55. The molecule has 0 radical (unpaired) electrons. The van der Waals surface area contributed by atoms with Crippen LogP contribution in [-0.2, 0) is 18.6 Å². The molecule has 0 heterocycles. The van der Waals surface area contributed by atoms with E-state index in [4.69, 9.17) is 9.26 Å². The van der Waals surface area contributed by atoms with Crippen molar-refractivity contribution in [3.05, 3.63) is 0 Å². The number of hydrogen-bond acceptors (Lipinski definition) is 4. The fourth-order valence-electron chi connectivity index (χ4n) is 1.62. The van der Waals surface area contributed by atoms with E-state index in [0.717, 1.165) is 0 Å². The lowest BCUT2D eigenvalue weighted by Crippen LogP contribution is -2.39. The molecule has 6 heteroatoms. The highest BCUT2D eigenvalue weighted by atomic mass is 31.2. The van der Waals surface area contributed by atoms with Crippen LogP contribution in [0.25, 0.3) is 0 Å². The lowest BCUT2D eigenvalue weighted by Gasteiger charge is -2.32. The summed E-state index contributed by atoms with van der Waals surface area (Å²) in [5, 5.41) is -1.43. The average Bonchev–Trinajstić information content (AvgIpc) is 2.20. The fraction of sp³-hybridized carbons (Fsp3) is 0.900. The summed E-state index contributed by atoms with van der Waals surface area (Å²) in [4.78, 5) is 21.7. The van der Waals surface area contributed by atoms with Crippen molar-refractivity contribution in [3.8, 4) is 0 Å². The first-order chi connectivity index (χ1) is 7.41. The van der Waals surface area contributed by atoms with Crippen LogP contribution < -0.4 is 0 Å². The molecule has 0 aliphatic heterocycles. The van der Waals surface area contributed by atoms with Gasteiger partial charge in [-0.3, -0.25) is 9.36 Å². The van der Waals surface area contributed by atoms with Crippen LogP contribution in [0.5, 0.6) is 0 Å². The second-order valence-electron chi connectivity index (χ2n) is 3.40. The average molecular weight is 252 g/mol. The van der Waals surface area contributed by atoms with Gasteiger partial charge < -0.3 is 14.2 Å². The minimum atomic E-state index is -3.99. The topological polar surface area (TPSA) is 72.8 Å². The van der Waals surface area contributed by atoms with Gasteiger partial charge in [-0.1, -0.05) is 13.8 Å². The molecular weight excluding hydrogens is 231 g/mol. The molecule has 0 fully saturated rings. The lowest BCUT2D eigenvalue weighted by atomic mass is 10.0. The molecule has 0 amide bonds. The minimum Gasteiger partial charge on any atom is -0.465 e. The van der Waals surface area contributed by atoms with E-state index >= 15 is 0 Å². The van der Waals surface area contributed by atoms with E-state index in [1.54, 1.807) is 27.7 Å². The van der Waals surface area contributed by atoms with Gasteiger partial charge in [-0.2, -0.15) is 0 Å². The Morgan fingerprint density at radius 1 is 1.19 bits per heavy atom. The van der Waals surface area contributed by atoms with Gasteiger partial charge in [0.15, 0.2) is 5.16 Å². The number of carbonyl (C=O) groups excluding carboxylic acids is 1. The largest absolute Gasteiger partial charge is 0.465 e. The van der Waals surface area contributed by atoms with Crippen LogP contribution in [0.15, 0.2) is 0 Å². The third kappa shape index (κ3) is 2.84. The van der Waals surface area contributed by atoms with E-state index in [2.05, 4.69) is 0 Å². The lowest BCUT2D eigenvalue weighted by molar-refractivity contribution is -0.147. The molecule has 0 aromatic rings. The molecule has 1 atom stereocenters. The number of carbonyl (C=O) groups is 1. The molecule has 1 unspecified atom stereocenters. The van der Waals surface area contributed by atoms with Crippen LogP contribution in [-0.4, -0.2) is 29.2 Å². The smallest absolute Gasteiger partial charge is 0.345 e. The summed E-state index contributed by atoms with van der Waals surface area (Å²) < 4.78 is 21.8. The van der Waals surface area contributed by atoms with Gasteiger partial charge in [-0.25, -0.2) is 0 Å². The van der Waals surface area contributed by atoms with E-state index in [-0.39, 0.29) is 26.1 Å². The second kappa shape index (κ2) is 6.38. The number of hydrogen-bond donors (Lipinski definition) is 1. The maximum absolute atomic E-state index is 12.0. The van der Waals surface area contributed by atoms with Gasteiger partial charge >= 0.3 is 13.6 Å². The van der Waals surface area contributed by atoms with Gasteiger partial charge in [0.1, 0.15) is 0 Å².